The highest BCUT2D eigenvalue weighted by Crippen LogP contribution is 2.50. The van der Waals surface area contributed by atoms with E-state index in [-0.39, 0.29) is 48.3 Å². The molecule has 1 aliphatic carbocycles. The molecule has 0 bridgehead atoms. The standard InChI is InChI=1S/C42H50N4O8/c1-9-53-39(47)24-29-16-18-36(43-27-31-20-32(45(49)50)26-33(21-31)46(51)52)34(22-29)41(4,5)28(3)14-12-11-13-15-38-42(6,7)35-23-30(25-40(48)54-10-2)17-19-37(35)44(38)8/h11-16,18,20-23,26,43H,3,9-10,17,19,24-25,27H2,1-2,4-8H3/b13-11+,14-12+,38-15-. The van der Waals surface area contributed by atoms with Crippen LogP contribution in [0.1, 0.15) is 77.5 Å². The second-order valence-corrected chi connectivity index (χ2v) is 14.4. The lowest BCUT2D eigenvalue weighted by Gasteiger charge is -2.30. The Morgan fingerprint density at radius 2 is 1.56 bits per heavy atom. The fraction of sp³-hybridized carbons (Fsp3) is 0.381. The molecule has 12 heteroatoms. The number of nitro benzene ring substituents is 2. The summed E-state index contributed by atoms with van der Waals surface area (Å²) in [6.45, 7) is 17.1. The van der Waals surface area contributed by atoms with Crippen molar-refractivity contribution in [3.63, 3.8) is 0 Å². The van der Waals surface area contributed by atoms with Crippen molar-refractivity contribution < 1.29 is 28.9 Å². The molecule has 286 valence electrons. The van der Waals surface area contributed by atoms with Gasteiger partial charge in [0, 0.05) is 53.6 Å². The van der Waals surface area contributed by atoms with Gasteiger partial charge >= 0.3 is 11.9 Å². The number of benzene rings is 2. The van der Waals surface area contributed by atoms with Crippen LogP contribution >= 0.6 is 0 Å². The summed E-state index contributed by atoms with van der Waals surface area (Å²) in [5.41, 5.74) is 6.44. The van der Waals surface area contributed by atoms with Gasteiger partial charge in [0.05, 0.1) is 42.0 Å². The van der Waals surface area contributed by atoms with Gasteiger partial charge in [-0.3, -0.25) is 29.8 Å². The normalized spacial score (nSPS) is 16.1. The van der Waals surface area contributed by atoms with E-state index in [2.05, 4.69) is 49.8 Å². The molecule has 0 saturated carbocycles. The molecule has 0 unspecified atom stereocenters. The molecule has 12 nitrogen and oxygen atoms in total. The smallest absolute Gasteiger partial charge is 0.310 e. The lowest BCUT2D eigenvalue weighted by molar-refractivity contribution is -0.394. The van der Waals surface area contributed by atoms with E-state index in [4.69, 9.17) is 9.47 Å². The minimum atomic E-state index is -0.658. The van der Waals surface area contributed by atoms with Crippen LogP contribution < -0.4 is 5.32 Å². The van der Waals surface area contributed by atoms with Crippen LogP contribution in [0.3, 0.4) is 0 Å². The van der Waals surface area contributed by atoms with E-state index in [0.29, 0.717) is 24.3 Å². The molecule has 0 aromatic heterocycles. The lowest BCUT2D eigenvalue weighted by Crippen LogP contribution is -2.22. The number of non-ortho nitro benzene ring substituents is 2. The van der Waals surface area contributed by atoms with Gasteiger partial charge in [0.15, 0.2) is 0 Å². The minimum Gasteiger partial charge on any atom is -0.466 e. The molecule has 2 aromatic rings. The van der Waals surface area contributed by atoms with Gasteiger partial charge in [-0.1, -0.05) is 82.4 Å². The average Bonchev–Trinajstić information content (AvgIpc) is 3.30. The number of nitrogens with zero attached hydrogens (tertiary/aromatic N) is 3. The third kappa shape index (κ3) is 9.60. The van der Waals surface area contributed by atoms with Crippen LogP contribution in [0.2, 0.25) is 0 Å². The summed E-state index contributed by atoms with van der Waals surface area (Å²) in [7, 11) is 2.08. The lowest BCUT2D eigenvalue weighted by atomic mass is 9.76. The van der Waals surface area contributed by atoms with Crippen molar-refractivity contribution in [2.75, 3.05) is 25.6 Å². The van der Waals surface area contributed by atoms with Crippen molar-refractivity contribution >= 4 is 29.0 Å². The van der Waals surface area contributed by atoms with Crippen LogP contribution in [-0.2, 0) is 37.4 Å². The summed E-state index contributed by atoms with van der Waals surface area (Å²) >= 11 is 0. The highest BCUT2D eigenvalue weighted by molar-refractivity contribution is 5.74. The molecule has 0 fully saturated rings. The van der Waals surface area contributed by atoms with E-state index in [0.717, 1.165) is 46.9 Å². The number of rotatable bonds is 16. The van der Waals surface area contributed by atoms with E-state index < -0.39 is 15.3 Å². The summed E-state index contributed by atoms with van der Waals surface area (Å²) in [4.78, 5) is 48.4. The maximum absolute atomic E-state index is 12.4. The average molecular weight is 739 g/mol. The number of ether oxygens (including phenoxy) is 2. The van der Waals surface area contributed by atoms with Gasteiger partial charge in [-0.25, -0.2) is 0 Å². The number of carbonyl (C=O) groups is 2. The zero-order valence-corrected chi connectivity index (χ0v) is 32.2. The Labute approximate surface area is 316 Å². The van der Waals surface area contributed by atoms with Crippen LogP contribution in [0.15, 0.2) is 108 Å². The molecule has 0 spiro atoms. The molecule has 4 rings (SSSR count). The van der Waals surface area contributed by atoms with Gasteiger partial charge < -0.3 is 19.7 Å². The fourth-order valence-electron chi connectivity index (χ4n) is 6.90. The Balaban J connectivity index is 1.56. The summed E-state index contributed by atoms with van der Waals surface area (Å²) in [5, 5.41) is 26.2. The van der Waals surface area contributed by atoms with Crippen molar-refractivity contribution in [2.24, 2.45) is 5.41 Å². The molecule has 2 aliphatic rings. The second kappa shape index (κ2) is 17.4. The van der Waals surface area contributed by atoms with E-state index in [1.807, 2.05) is 57.2 Å². The first-order valence-corrected chi connectivity index (χ1v) is 18.0. The van der Waals surface area contributed by atoms with Crippen LogP contribution in [-0.4, -0.2) is 46.9 Å². The fourth-order valence-corrected chi connectivity index (χ4v) is 6.90. The first kappa shape index (κ1) is 41.0. The Bertz CT molecular complexity index is 1950. The molecule has 54 heavy (non-hydrogen) atoms. The predicted octanol–water partition coefficient (Wildman–Crippen LogP) is 8.95. The number of nitro groups is 2. The summed E-state index contributed by atoms with van der Waals surface area (Å²) in [5.74, 6) is -0.554. The van der Waals surface area contributed by atoms with Crippen molar-refractivity contribution in [2.45, 2.75) is 79.2 Å². The zero-order valence-electron chi connectivity index (χ0n) is 32.2. The van der Waals surface area contributed by atoms with Crippen molar-refractivity contribution in [1.82, 2.24) is 4.90 Å². The number of esters is 2. The Kier molecular flexibility index (Phi) is 13.2. The van der Waals surface area contributed by atoms with E-state index >= 15 is 0 Å². The van der Waals surface area contributed by atoms with Gasteiger partial charge in [-0.15, -0.1) is 0 Å². The third-order valence-electron chi connectivity index (χ3n) is 9.95. The SMILES string of the molecule is C=C(/C=C/C=C/C=C1\N(C)C2=C(C=C(CC(=O)OCC)CC2)C1(C)C)C(C)(C)c1cc(CC(=O)OCC)ccc1NCc1cc([N+](=O)[O-])cc([N+](=O)[O-])c1. The topological polar surface area (TPSA) is 154 Å². The Hall–Kier alpha value is -5.78. The molecule has 1 N–H and O–H groups in total. The van der Waals surface area contributed by atoms with Gasteiger partial charge in [-0.05, 0) is 66.7 Å². The molecule has 0 amide bonds. The zero-order chi connectivity index (χ0) is 39.8. The molecule has 0 atom stereocenters. The van der Waals surface area contributed by atoms with Crippen molar-refractivity contribution in [3.05, 3.63) is 144 Å². The van der Waals surface area contributed by atoms with E-state index in [1.54, 1.807) is 13.0 Å². The Morgan fingerprint density at radius 3 is 2.17 bits per heavy atom. The quantitative estimate of drug-likeness (QED) is 0.0764. The molecule has 0 saturated heterocycles. The highest BCUT2D eigenvalue weighted by Gasteiger charge is 2.40. The molecule has 1 aliphatic heterocycles. The summed E-state index contributed by atoms with van der Waals surface area (Å²) in [6.07, 6.45) is 14.1. The number of hydrogen-bond acceptors (Lipinski definition) is 10. The number of anilines is 1. The highest BCUT2D eigenvalue weighted by atomic mass is 16.6. The minimum absolute atomic E-state index is 0.0690. The van der Waals surface area contributed by atoms with Crippen LogP contribution in [0.4, 0.5) is 17.1 Å². The number of nitrogens with one attached hydrogen (secondary N) is 1. The number of hydrogen-bond donors (Lipinski definition) is 1. The van der Waals surface area contributed by atoms with Gasteiger partial charge in [0.2, 0.25) is 0 Å². The van der Waals surface area contributed by atoms with E-state index in [1.165, 1.54) is 23.4 Å². The van der Waals surface area contributed by atoms with Crippen LogP contribution in [0.5, 0.6) is 0 Å². The number of carbonyl (C=O) groups excluding carboxylic acids is 2. The third-order valence-corrected chi connectivity index (χ3v) is 9.95. The van der Waals surface area contributed by atoms with Gasteiger partial charge in [-0.2, -0.15) is 0 Å². The first-order valence-electron chi connectivity index (χ1n) is 18.0. The predicted molar refractivity (Wildman–Crippen MR) is 210 cm³/mol. The molecule has 1 heterocycles. The molecular weight excluding hydrogens is 688 g/mol. The molecule has 2 aromatic carbocycles. The van der Waals surface area contributed by atoms with Crippen molar-refractivity contribution in [1.29, 1.82) is 0 Å². The van der Waals surface area contributed by atoms with Gasteiger partial charge in [0.25, 0.3) is 11.4 Å². The largest absolute Gasteiger partial charge is 0.466 e. The monoisotopic (exact) mass is 738 g/mol. The maximum atomic E-state index is 12.4. The summed E-state index contributed by atoms with van der Waals surface area (Å²) in [6, 6.07) is 9.08. The Morgan fingerprint density at radius 1 is 0.926 bits per heavy atom. The molecular formula is C42H50N4O8. The second-order valence-electron chi connectivity index (χ2n) is 14.4. The molecule has 0 radical (unpaired) electrons. The van der Waals surface area contributed by atoms with Crippen LogP contribution in [0, 0.1) is 25.6 Å². The van der Waals surface area contributed by atoms with E-state index in [9.17, 15) is 29.8 Å². The van der Waals surface area contributed by atoms with Crippen LogP contribution in [0.25, 0.3) is 0 Å². The number of allylic oxidation sites excluding steroid dienone is 9. The van der Waals surface area contributed by atoms with Crippen molar-refractivity contribution in [3.8, 4) is 0 Å². The first-order chi connectivity index (χ1) is 25.5. The maximum Gasteiger partial charge on any atom is 0.310 e. The van der Waals surface area contributed by atoms with Gasteiger partial charge in [0.1, 0.15) is 0 Å². The summed E-state index contributed by atoms with van der Waals surface area (Å²) < 4.78 is 10.3.